The lowest BCUT2D eigenvalue weighted by molar-refractivity contribution is 0.237. The Labute approximate surface area is 123 Å². The summed E-state index contributed by atoms with van der Waals surface area (Å²) in [6.45, 7) is 8.53. The molecule has 0 spiro atoms. The Bertz CT molecular complexity index is 412. The van der Waals surface area contributed by atoms with E-state index in [-0.39, 0.29) is 0 Å². The Morgan fingerprint density at radius 1 is 0.950 bits per heavy atom. The smallest absolute Gasteiger partial charge is 0.0398 e. The van der Waals surface area contributed by atoms with Crippen LogP contribution < -0.4 is 10.2 Å². The first-order valence-electron chi connectivity index (χ1n) is 8.19. The molecule has 0 radical (unpaired) electrons. The highest BCUT2D eigenvalue weighted by Gasteiger charge is 2.15. The van der Waals surface area contributed by atoms with E-state index in [9.17, 15) is 0 Å². The third-order valence-electron chi connectivity index (χ3n) is 4.57. The molecule has 0 unspecified atom stereocenters. The van der Waals surface area contributed by atoms with Crippen molar-refractivity contribution in [3.8, 4) is 0 Å². The molecule has 0 atom stereocenters. The van der Waals surface area contributed by atoms with Crippen molar-refractivity contribution in [3.63, 3.8) is 0 Å². The standard InChI is InChI=1S/C17H27N3/c1-2-8-17-16(6-1)7-5-13-20(17)12-4-3-11-19-14-9-18-10-15-19/h1-2,6,8,18H,3-5,7,9-15H2. The summed E-state index contributed by atoms with van der Waals surface area (Å²) in [6, 6.07) is 8.94. The molecule has 110 valence electrons. The zero-order chi connectivity index (χ0) is 13.6. The topological polar surface area (TPSA) is 18.5 Å². The summed E-state index contributed by atoms with van der Waals surface area (Å²) in [5.41, 5.74) is 3.03. The van der Waals surface area contributed by atoms with E-state index in [2.05, 4.69) is 39.4 Å². The average Bonchev–Trinajstić information content (AvgIpc) is 2.53. The zero-order valence-corrected chi connectivity index (χ0v) is 12.5. The molecule has 20 heavy (non-hydrogen) atoms. The lowest BCUT2D eigenvalue weighted by atomic mass is 10.0. The van der Waals surface area contributed by atoms with Crippen LogP contribution >= 0.6 is 0 Å². The highest BCUT2D eigenvalue weighted by atomic mass is 15.2. The Morgan fingerprint density at radius 3 is 2.65 bits per heavy atom. The van der Waals surface area contributed by atoms with E-state index in [0.717, 1.165) is 0 Å². The average molecular weight is 273 g/mol. The molecule has 2 aliphatic rings. The van der Waals surface area contributed by atoms with Gasteiger partial charge in [0.1, 0.15) is 0 Å². The van der Waals surface area contributed by atoms with Crippen molar-refractivity contribution in [3.05, 3.63) is 29.8 Å². The Kier molecular flexibility index (Phi) is 4.93. The van der Waals surface area contributed by atoms with Gasteiger partial charge < -0.3 is 15.1 Å². The molecule has 0 bridgehead atoms. The first kappa shape index (κ1) is 13.9. The molecule has 1 N–H and O–H groups in total. The number of piperazine rings is 1. The van der Waals surface area contributed by atoms with Crippen LogP contribution in [-0.4, -0.2) is 50.7 Å². The fourth-order valence-electron chi connectivity index (χ4n) is 3.42. The molecule has 0 saturated carbocycles. The Balaban J connectivity index is 1.43. The zero-order valence-electron chi connectivity index (χ0n) is 12.5. The van der Waals surface area contributed by atoms with E-state index < -0.39 is 0 Å². The number of nitrogens with zero attached hydrogens (tertiary/aromatic N) is 2. The molecule has 1 aromatic carbocycles. The van der Waals surface area contributed by atoms with Crippen LogP contribution in [0.15, 0.2) is 24.3 Å². The Hall–Kier alpha value is -1.06. The molecule has 1 saturated heterocycles. The maximum absolute atomic E-state index is 3.42. The molecule has 3 nitrogen and oxygen atoms in total. The van der Waals surface area contributed by atoms with Crippen molar-refractivity contribution in [1.82, 2.24) is 10.2 Å². The van der Waals surface area contributed by atoms with Gasteiger partial charge in [0.2, 0.25) is 0 Å². The summed E-state index contributed by atoms with van der Waals surface area (Å²) < 4.78 is 0. The third-order valence-corrected chi connectivity index (χ3v) is 4.57. The molecule has 1 aromatic rings. The van der Waals surface area contributed by atoms with Gasteiger partial charge in [-0.05, 0) is 43.9 Å². The maximum atomic E-state index is 3.42. The Morgan fingerprint density at radius 2 is 1.75 bits per heavy atom. The van der Waals surface area contributed by atoms with Crippen LogP contribution in [0.2, 0.25) is 0 Å². The van der Waals surface area contributed by atoms with E-state index >= 15 is 0 Å². The number of rotatable bonds is 5. The molecule has 0 aliphatic carbocycles. The van der Waals surface area contributed by atoms with E-state index in [0.29, 0.717) is 0 Å². The van der Waals surface area contributed by atoms with E-state index in [1.54, 1.807) is 5.56 Å². The number of nitrogens with one attached hydrogen (secondary N) is 1. The first-order valence-corrected chi connectivity index (χ1v) is 8.19. The number of fused-ring (bicyclic) bond motifs is 1. The van der Waals surface area contributed by atoms with E-state index in [4.69, 9.17) is 0 Å². The van der Waals surface area contributed by atoms with Gasteiger partial charge in [0.25, 0.3) is 0 Å². The molecule has 1 fully saturated rings. The fourth-order valence-corrected chi connectivity index (χ4v) is 3.42. The van der Waals surface area contributed by atoms with Crippen molar-refractivity contribution in [2.45, 2.75) is 25.7 Å². The molecule has 0 amide bonds. The largest absolute Gasteiger partial charge is 0.371 e. The van der Waals surface area contributed by atoms with Gasteiger partial charge >= 0.3 is 0 Å². The van der Waals surface area contributed by atoms with Gasteiger partial charge in [0.15, 0.2) is 0 Å². The van der Waals surface area contributed by atoms with Crippen LogP contribution in [0.5, 0.6) is 0 Å². The second-order valence-electron chi connectivity index (χ2n) is 6.02. The summed E-state index contributed by atoms with van der Waals surface area (Å²) in [5.74, 6) is 0. The van der Waals surface area contributed by atoms with Crippen molar-refractivity contribution >= 4 is 5.69 Å². The second kappa shape index (κ2) is 7.09. The summed E-state index contributed by atoms with van der Waals surface area (Å²) in [7, 11) is 0. The third kappa shape index (κ3) is 3.53. The second-order valence-corrected chi connectivity index (χ2v) is 6.02. The number of hydrogen-bond donors (Lipinski definition) is 1. The number of aryl methyl sites for hydroxylation is 1. The van der Waals surface area contributed by atoms with Crippen molar-refractivity contribution in [2.24, 2.45) is 0 Å². The minimum Gasteiger partial charge on any atom is -0.371 e. The summed E-state index contributed by atoms with van der Waals surface area (Å²) in [6.07, 6.45) is 5.22. The number of para-hydroxylation sites is 1. The van der Waals surface area contributed by atoms with Gasteiger partial charge in [-0.15, -0.1) is 0 Å². The van der Waals surface area contributed by atoms with Gasteiger partial charge in [-0.2, -0.15) is 0 Å². The van der Waals surface area contributed by atoms with Gasteiger partial charge in [0, 0.05) is 45.0 Å². The molecule has 2 heterocycles. The van der Waals surface area contributed by atoms with E-state index in [1.165, 1.54) is 77.2 Å². The highest BCUT2D eigenvalue weighted by molar-refractivity contribution is 5.55. The van der Waals surface area contributed by atoms with Crippen molar-refractivity contribution in [1.29, 1.82) is 0 Å². The normalized spacial score (nSPS) is 19.9. The molecule has 2 aliphatic heterocycles. The summed E-state index contributed by atoms with van der Waals surface area (Å²) in [5, 5.41) is 3.42. The first-order chi connectivity index (χ1) is 9.93. The van der Waals surface area contributed by atoms with Gasteiger partial charge in [-0.25, -0.2) is 0 Å². The minimum atomic E-state index is 1.17. The summed E-state index contributed by atoms with van der Waals surface area (Å²) in [4.78, 5) is 5.19. The van der Waals surface area contributed by atoms with Crippen LogP contribution in [0.3, 0.4) is 0 Å². The van der Waals surface area contributed by atoms with Crippen LogP contribution in [-0.2, 0) is 6.42 Å². The van der Waals surface area contributed by atoms with Gasteiger partial charge in [-0.3, -0.25) is 0 Å². The number of benzene rings is 1. The lowest BCUT2D eigenvalue weighted by Gasteiger charge is -2.32. The van der Waals surface area contributed by atoms with Gasteiger partial charge in [0.05, 0.1) is 0 Å². The van der Waals surface area contributed by atoms with Crippen molar-refractivity contribution in [2.75, 3.05) is 50.7 Å². The minimum absolute atomic E-state index is 1.17. The number of hydrogen-bond acceptors (Lipinski definition) is 3. The van der Waals surface area contributed by atoms with Crippen LogP contribution in [0.4, 0.5) is 5.69 Å². The maximum Gasteiger partial charge on any atom is 0.0398 e. The van der Waals surface area contributed by atoms with Crippen LogP contribution in [0.25, 0.3) is 0 Å². The van der Waals surface area contributed by atoms with Crippen LogP contribution in [0.1, 0.15) is 24.8 Å². The molecule has 3 rings (SSSR count). The monoisotopic (exact) mass is 273 g/mol. The molecule has 0 aromatic heterocycles. The number of unbranched alkanes of at least 4 members (excludes halogenated alkanes) is 1. The number of anilines is 1. The van der Waals surface area contributed by atoms with Crippen molar-refractivity contribution < 1.29 is 0 Å². The summed E-state index contributed by atoms with van der Waals surface area (Å²) >= 11 is 0. The fraction of sp³-hybridized carbons (Fsp3) is 0.647. The highest BCUT2D eigenvalue weighted by Crippen LogP contribution is 2.26. The predicted molar refractivity (Wildman–Crippen MR) is 85.5 cm³/mol. The van der Waals surface area contributed by atoms with Crippen LogP contribution in [0, 0.1) is 0 Å². The van der Waals surface area contributed by atoms with Gasteiger partial charge in [-0.1, -0.05) is 18.2 Å². The predicted octanol–water partition coefficient (Wildman–Crippen LogP) is 2.12. The SMILES string of the molecule is c1ccc2c(c1)CCCN2CCCCN1CCNCC1. The quantitative estimate of drug-likeness (QED) is 0.829. The molecule has 3 heteroatoms. The lowest BCUT2D eigenvalue weighted by Crippen LogP contribution is -2.43. The molecular formula is C17H27N3. The molecular weight excluding hydrogens is 246 g/mol. The van der Waals surface area contributed by atoms with E-state index in [1.807, 2.05) is 0 Å².